The molecule has 0 aromatic heterocycles. The summed E-state index contributed by atoms with van der Waals surface area (Å²) >= 11 is 0. The molecule has 0 bridgehead atoms. The van der Waals surface area contributed by atoms with Crippen molar-refractivity contribution in [1.82, 2.24) is 5.32 Å². The van der Waals surface area contributed by atoms with Crippen molar-refractivity contribution in [1.29, 1.82) is 0 Å². The molecule has 1 aliphatic rings. The Morgan fingerprint density at radius 1 is 1.50 bits per heavy atom. The SMILES string of the molecule is COCC(C)CNC(=O)C1(C(=O)O)CCC1. The number of carboxylic acid groups (broad SMARTS) is 1. The highest BCUT2D eigenvalue weighted by atomic mass is 16.5. The third kappa shape index (κ3) is 2.52. The van der Waals surface area contributed by atoms with Gasteiger partial charge in [0.05, 0.1) is 6.61 Å². The van der Waals surface area contributed by atoms with Crippen LogP contribution in [0.3, 0.4) is 0 Å². The van der Waals surface area contributed by atoms with Gasteiger partial charge in [0.25, 0.3) is 0 Å². The van der Waals surface area contributed by atoms with E-state index in [4.69, 9.17) is 9.84 Å². The van der Waals surface area contributed by atoms with Crippen LogP contribution in [0.5, 0.6) is 0 Å². The van der Waals surface area contributed by atoms with Gasteiger partial charge in [0, 0.05) is 13.7 Å². The molecule has 0 spiro atoms. The molecular weight excluding hydrogens is 210 g/mol. The van der Waals surface area contributed by atoms with Gasteiger partial charge < -0.3 is 15.2 Å². The minimum atomic E-state index is -1.16. The van der Waals surface area contributed by atoms with Crippen molar-refractivity contribution in [3.63, 3.8) is 0 Å². The summed E-state index contributed by atoms with van der Waals surface area (Å²) in [5, 5.41) is 11.7. The van der Waals surface area contributed by atoms with Crippen LogP contribution < -0.4 is 5.32 Å². The van der Waals surface area contributed by atoms with Crippen LogP contribution in [0, 0.1) is 11.3 Å². The molecule has 2 N–H and O–H groups in total. The molecule has 1 amide bonds. The lowest BCUT2D eigenvalue weighted by atomic mass is 9.68. The van der Waals surface area contributed by atoms with E-state index in [2.05, 4.69) is 5.32 Å². The number of ether oxygens (including phenoxy) is 1. The number of hydrogen-bond donors (Lipinski definition) is 2. The van der Waals surface area contributed by atoms with Gasteiger partial charge in [-0.1, -0.05) is 13.3 Å². The van der Waals surface area contributed by atoms with Crippen molar-refractivity contribution in [2.45, 2.75) is 26.2 Å². The molecule has 1 saturated carbocycles. The molecule has 92 valence electrons. The maximum atomic E-state index is 11.8. The third-order valence-electron chi connectivity index (χ3n) is 3.11. The maximum absolute atomic E-state index is 11.8. The van der Waals surface area contributed by atoms with Crippen LogP contribution >= 0.6 is 0 Å². The summed E-state index contributed by atoms with van der Waals surface area (Å²) in [6, 6.07) is 0. The van der Waals surface area contributed by atoms with Gasteiger partial charge in [-0.15, -0.1) is 0 Å². The van der Waals surface area contributed by atoms with Crippen molar-refractivity contribution >= 4 is 11.9 Å². The summed E-state index contributed by atoms with van der Waals surface area (Å²) in [6.45, 7) is 2.96. The Labute approximate surface area is 95.2 Å². The van der Waals surface area contributed by atoms with Gasteiger partial charge in [-0.25, -0.2) is 0 Å². The van der Waals surface area contributed by atoms with Crippen LogP contribution in [0.15, 0.2) is 0 Å². The van der Waals surface area contributed by atoms with Gasteiger partial charge in [0.1, 0.15) is 5.41 Å². The number of carbonyl (C=O) groups excluding carboxylic acids is 1. The summed E-state index contributed by atoms with van der Waals surface area (Å²) in [5.41, 5.74) is -1.16. The summed E-state index contributed by atoms with van der Waals surface area (Å²) in [6.07, 6.45) is 1.72. The number of rotatable bonds is 6. The molecule has 0 saturated heterocycles. The minimum Gasteiger partial charge on any atom is -0.480 e. The van der Waals surface area contributed by atoms with E-state index in [-0.39, 0.29) is 11.8 Å². The zero-order valence-corrected chi connectivity index (χ0v) is 9.78. The van der Waals surface area contributed by atoms with Gasteiger partial charge >= 0.3 is 5.97 Å². The molecule has 5 heteroatoms. The highest BCUT2D eigenvalue weighted by molar-refractivity contribution is 6.02. The Balaban J connectivity index is 2.42. The fourth-order valence-corrected chi connectivity index (χ4v) is 1.85. The van der Waals surface area contributed by atoms with E-state index in [1.165, 1.54) is 0 Å². The molecule has 0 heterocycles. The summed E-state index contributed by atoms with van der Waals surface area (Å²) in [4.78, 5) is 22.8. The number of carbonyl (C=O) groups is 2. The molecule has 1 rings (SSSR count). The highest BCUT2D eigenvalue weighted by Crippen LogP contribution is 2.41. The Kier molecular flexibility index (Phi) is 4.29. The lowest BCUT2D eigenvalue weighted by Crippen LogP contribution is -2.51. The van der Waals surface area contributed by atoms with Gasteiger partial charge in [-0.3, -0.25) is 9.59 Å². The van der Waals surface area contributed by atoms with E-state index in [1.54, 1.807) is 7.11 Å². The van der Waals surface area contributed by atoms with E-state index < -0.39 is 11.4 Å². The van der Waals surface area contributed by atoms with Crippen molar-refractivity contribution in [2.75, 3.05) is 20.3 Å². The first-order chi connectivity index (χ1) is 7.53. The van der Waals surface area contributed by atoms with Gasteiger partial charge in [-0.05, 0) is 18.8 Å². The standard InChI is InChI=1S/C11H19NO4/c1-8(7-16-2)6-12-9(13)11(10(14)15)4-3-5-11/h8H,3-7H2,1-2H3,(H,12,13)(H,14,15). The first-order valence-corrected chi connectivity index (χ1v) is 5.53. The summed E-state index contributed by atoms with van der Waals surface area (Å²) < 4.78 is 4.94. The number of carboxylic acids is 1. The number of methoxy groups -OCH3 is 1. The highest BCUT2D eigenvalue weighted by Gasteiger charge is 2.51. The van der Waals surface area contributed by atoms with Crippen molar-refractivity contribution in [3.8, 4) is 0 Å². The molecule has 0 aliphatic heterocycles. The van der Waals surface area contributed by atoms with Crippen LogP contribution in [0.1, 0.15) is 26.2 Å². The number of nitrogens with one attached hydrogen (secondary N) is 1. The molecule has 1 aliphatic carbocycles. The van der Waals surface area contributed by atoms with Crippen molar-refractivity contribution in [2.24, 2.45) is 11.3 Å². The van der Waals surface area contributed by atoms with Crippen molar-refractivity contribution < 1.29 is 19.4 Å². The first-order valence-electron chi connectivity index (χ1n) is 5.53. The Morgan fingerprint density at radius 3 is 2.50 bits per heavy atom. The zero-order chi connectivity index (χ0) is 12.2. The molecule has 1 fully saturated rings. The molecule has 16 heavy (non-hydrogen) atoms. The predicted octanol–water partition coefficient (Wildman–Crippen LogP) is 0.640. The largest absolute Gasteiger partial charge is 0.480 e. The average Bonchev–Trinajstić information content (AvgIpc) is 2.12. The van der Waals surface area contributed by atoms with Crippen LogP contribution in [0.2, 0.25) is 0 Å². The van der Waals surface area contributed by atoms with Crippen LogP contribution in [-0.2, 0) is 14.3 Å². The van der Waals surface area contributed by atoms with Crippen LogP contribution in [0.25, 0.3) is 0 Å². The van der Waals surface area contributed by atoms with Gasteiger partial charge in [0.2, 0.25) is 5.91 Å². The van der Waals surface area contributed by atoms with Crippen LogP contribution in [0.4, 0.5) is 0 Å². The normalized spacial score (nSPS) is 19.6. The van der Waals surface area contributed by atoms with Gasteiger partial charge in [-0.2, -0.15) is 0 Å². The van der Waals surface area contributed by atoms with Gasteiger partial charge in [0.15, 0.2) is 0 Å². The second-order valence-corrected chi connectivity index (χ2v) is 4.51. The fourth-order valence-electron chi connectivity index (χ4n) is 1.85. The second kappa shape index (κ2) is 5.30. The smallest absolute Gasteiger partial charge is 0.319 e. The number of amides is 1. The molecule has 0 radical (unpaired) electrons. The topological polar surface area (TPSA) is 75.6 Å². The lowest BCUT2D eigenvalue weighted by Gasteiger charge is -2.36. The van der Waals surface area contributed by atoms with E-state index in [1.807, 2.05) is 6.92 Å². The maximum Gasteiger partial charge on any atom is 0.319 e. The Bertz CT molecular complexity index is 273. The zero-order valence-electron chi connectivity index (χ0n) is 9.78. The fraction of sp³-hybridized carbons (Fsp3) is 0.818. The Morgan fingerprint density at radius 2 is 2.12 bits per heavy atom. The minimum absolute atomic E-state index is 0.194. The van der Waals surface area contributed by atoms with E-state index in [9.17, 15) is 9.59 Å². The molecule has 1 atom stereocenters. The lowest BCUT2D eigenvalue weighted by molar-refractivity contribution is -0.162. The quantitative estimate of drug-likeness (QED) is 0.655. The average molecular weight is 229 g/mol. The molecular formula is C11H19NO4. The second-order valence-electron chi connectivity index (χ2n) is 4.51. The first kappa shape index (κ1) is 13.0. The van der Waals surface area contributed by atoms with Crippen molar-refractivity contribution in [3.05, 3.63) is 0 Å². The van der Waals surface area contributed by atoms with E-state index in [0.29, 0.717) is 26.0 Å². The number of hydrogen-bond acceptors (Lipinski definition) is 3. The van der Waals surface area contributed by atoms with E-state index in [0.717, 1.165) is 6.42 Å². The molecule has 0 aromatic rings. The molecule has 0 aromatic carbocycles. The van der Waals surface area contributed by atoms with E-state index >= 15 is 0 Å². The van der Waals surface area contributed by atoms with Crippen LogP contribution in [-0.4, -0.2) is 37.2 Å². The third-order valence-corrected chi connectivity index (χ3v) is 3.11. The monoisotopic (exact) mass is 229 g/mol. The number of aliphatic carboxylic acids is 1. The molecule has 1 unspecified atom stereocenters. The summed E-state index contributed by atoms with van der Waals surface area (Å²) in [5.74, 6) is -1.16. The summed E-state index contributed by atoms with van der Waals surface area (Å²) in [7, 11) is 1.60. The molecule has 5 nitrogen and oxygen atoms in total. The predicted molar refractivity (Wildman–Crippen MR) is 58.0 cm³/mol. The Hall–Kier alpha value is -1.10.